The molecule has 0 N–H and O–H groups in total. The van der Waals surface area contributed by atoms with E-state index >= 15 is 0 Å². The zero-order chi connectivity index (χ0) is 16.7. The summed E-state index contributed by atoms with van der Waals surface area (Å²) in [6.07, 6.45) is 2.24. The van der Waals surface area contributed by atoms with E-state index in [-0.39, 0.29) is 5.91 Å². The molecule has 4 rings (SSSR count). The molecule has 1 aliphatic heterocycles. The molecule has 1 fully saturated rings. The molecule has 124 valence electrons. The quantitative estimate of drug-likeness (QED) is 0.687. The summed E-state index contributed by atoms with van der Waals surface area (Å²) in [7, 11) is 0. The fourth-order valence-electron chi connectivity index (χ4n) is 3.31. The number of hydrogen-bond acceptors (Lipinski definition) is 4. The van der Waals surface area contributed by atoms with Gasteiger partial charge in [-0.05, 0) is 55.8 Å². The Morgan fingerprint density at radius 3 is 2.75 bits per heavy atom. The fourth-order valence-corrected chi connectivity index (χ4v) is 4.16. The van der Waals surface area contributed by atoms with Crippen molar-refractivity contribution in [3.05, 3.63) is 35.4 Å². The molecule has 3 heterocycles. The molecule has 0 atom stereocenters. The number of hydrogen-bond donors (Lipinski definition) is 0. The van der Waals surface area contributed by atoms with Gasteiger partial charge in [0.25, 0.3) is 0 Å². The lowest BCUT2D eigenvalue weighted by Gasteiger charge is -2.14. The SMILES string of the molecule is Cc1ccc2c(c1)cc(C)c1nnc(SCC(=O)N3CCCC3)n12. The first-order valence-electron chi connectivity index (χ1n) is 8.29. The Hall–Kier alpha value is -2.08. The zero-order valence-corrected chi connectivity index (χ0v) is 14.8. The Labute approximate surface area is 145 Å². The van der Waals surface area contributed by atoms with Gasteiger partial charge < -0.3 is 4.90 Å². The Bertz CT molecular complexity index is 928. The standard InChI is InChI=1S/C18H20N4OS/c1-12-5-6-15-14(9-12)10-13(2)17-19-20-18(22(15)17)24-11-16(23)21-7-3-4-8-21/h5-6,9-10H,3-4,7-8,11H2,1-2H3. The van der Waals surface area contributed by atoms with Crippen LogP contribution in [0.5, 0.6) is 0 Å². The van der Waals surface area contributed by atoms with Crippen molar-refractivity contribution in [1.29, 1.82) is 0 Å². The molecule has 1 aromatic carbocycles. The third-order valence-corrected chi connectivity index (χ3v) is 5.48. The average Bonchev–Trinajstić information content (AvgIpc) is 3.22. The molecule has 3 aromatic rings. The van der Waals surface area contributed by atoms with E-state index in [4.69, 9.17) is 0 Å². The highest BCUT2D eigenvalue weighted by Crippen LogP contribution is 2.26. The number of nitrogens with zero attached hydrogens (tertiary/aromatic N) is 4. The van der Waals surface area contributed by atoms with Crippen LogP contribution >= 0.6 is 11.8 Å². The number of likely N-dealkylation sites (tertiary alicyclic amines) is 1. The van der Waals surface area contributed by atoms with E-state index in [1.807, 2.05) is 4.90 Å². The Morgan fingerprint density at radius 2 is 1.96 bits per heavy atom. The van der Waals surface area contributed by atoms with Crippen LogP contribution in [0.3, 0.4) is 0 Å². The van der Waals surface area contributed by atoms with Crippen LogP contribution in [0.4, 0.5) is 0 Å². The minimum absolute atomic E-state index is 0.196. The highest BCUT2D eigenvalue weighted by atomic mass is 32.2. The molecular formula is C18H20N4OS. The van der Waals surface area contributed by atoms with E-state index in [1.54, 1.807) is 0 Å². The van der Waals surface area contributed by atoms with Crippen molar-refractivity contribution >= 4 is 34.2 Å². The zero-order valence-electron chi connectivity index (χ0n) is 14.0. The first-order chi connectivity index (χ1) is 11.6. The maximum absolute atomic E-state index is 12.3. The largest absolute Gasteiger partial charge is 0.342 e. The molecule has 6 heteroatoms. The molecule has 2 aromatic heterocycles. The molecule has 0 spiro atoms. The highest BCUT2D eigenvalue weighted by Gasteiger charge is 2.19. The van der Waals surface area contributed by atoms with Gasteiger partial charge in [0.05, 0.1) is 11.3 Å². The number of benzene rings is 1. The molecule has 1 saturated heterocycles. The van der Waals surface area contributed by atoms with Crippen LogP contribution in [0.25, 0.3) is 16.6 Å². The molecule has 0 radical (unpaired) electrons. The summed E-state index contributed by atoms with van der Waals surface area (Å²) in [5.41, 5.74) is 4.27. The second kappa shape index (κ2) is 6.09. The summed E-state index contributed by atoms with van der Waals surface area (Å²) < 4.78 is 2.08. The van der Waals surface area contributed by atoms with Crippen LogP contribution < -0.4 is 0 Å². The van der Waals surface area contributed by atoms with E-state index in [0.29, 0.717) is 5.75 Å². The second-order valence-electron chi connectivity index (χ2n) is 6.41. The van der Waals surface area contributed by atoms with Crippen LogP contribution in [-0.4, -0.2) is 44.2 Å². The highest BCUT2D eigenvalue weighted by molar-refractivity contribution is 7.99. The smallest absolute Gasteiger partial charge is 0.233 e. The summed E-state index contributed by atoms with van der Waals surface area (Å²) >= 11 is 1.48. The summed E-state index contributed by atoms with van der Waals surface area (Å²) in [5, 5.41) is 10.6. The lowest BCUT2D eigenvalue weighted by Crippen LogP contribution is -2.29. The fraction of sp³-hybridized carbons (Fsp3) is 0.389. The predicted molar refractivity (Wildman–Crippen MR) is 96.5 cm³/mol. The third kappa shape index (κ3) is 2.65. The molecule has 1 amide bonds. The number of thioether (sulfide) groups is 1. The van der Waals surface area contributed by atoms with Crippen molar-refractivity contribution < 1.29 is 4.79 Å². The lowest BCUT2D eigenvalue weighted by molar-refractivity contribution is -0.127. The van der Waals surface area contributed by atoms with E-state index < -0.39 is 0 Å². The van der Waals surface area contributed by atoms with Gasteiger partial charge in [-0.25, -0.2) is 0 Å². The van der Waals surface area contributed by atoms with Crippen LogP contribution in [0, 0.1) is 13.8 Å². The van der Waals surface area contributed by atoms with Gasteiger partial charge in [-0.1, -0.05) is 23.4 Å². The Balaban J connectivity index is 1.70. The van der Waals surface area contributed by atoms with Crippen LogP contribution in [-0.2, 0) is 4.79 Å². The summed E-state index contributed by atoms with van der Waals surface area (Å²) in [4.78, 5) is 14.2. The van der Waals surface area contributed by atoms with Gasteiger partial charge in [-0.2, -0.15) is 0 Å². The van der Waals surface area contributed by atoms with Crippen molar-refractivity contribution in [2.75, 3.05) is 18.8 Å². The van der Waals surface area contributed by atoms with E-state index in [9.17, 15) is 4.79 Å². The normalized spacial score (nSPS) is 14.8. The van der Waals surface area contributed by atoms with Crippen molar-refractivity contribution in [2.45, 2.75) is 31.8 Å². The average molecular weight is 340 g/mol. The van der Waals surface area contributed by atoms with E-state index in [1.165, 1.54) is 22.7 Å². The molecule has 0 aliphatic carbocycles. The first-order valence-corrected chi connectivity index (χ1v) is 9.28. The van der Waals surface area contributed by atoms with Gasteiger partial charge in [0.15, 0.2) is 10.8 Å². The topological polar surface area (TPSA) is 50.5 Å². The second-order valence-corrected chi connectivity index (χ2v) is 7.35. The molecule has 0 saturated carbocycles. The summed E-state index contributed by atoms with van der Waals surface area (Å²) in [6.45, 7) is 5.92. The summed E-state index contributed by atoms with van der Waals surface area (Å²) in [6, 6.07) is 8.52. The maximum atomic E-state index is 12.3. The predicted octanol–water partition coefficient (Wildman–Crippen LogP) is 3.21. The molecular weight excluding hydrogens is 320 g/mol. The molecule has 24 heavy (non-hydrogen) atoms. The first kappa shape index (κ1) is 15.4. The minimum Gasteiger partial charge on any atom is -0.342 e. The summed E-state index contributed by atoms with van der Waals surface area (Å²) in [5.74, 6) is 0.615. The number of carbonyl (C=O) groups is 1. The maximum Gasteiger partial charge on any atom is 0.233 e. The minimum atomic E-state index is 0.196. The number of pyridine rings is 1. The number of fused-ring (bicyclic) bond motifs is 3. The van der Waals surface area contributed by atoms with Gasteiger partial charge in [0.2, 0.25) is 5.91 Å². The van der Waals surface area contributed by atoms with Gasteiger partial charge in [-0.15, -0.1) is 10.2 Å². The van der Waals surface area contributed by atoms with Gasteiger partial charge in [0, 0.05) is 13.1 Å². The Kier molecular flexibility index (Phi) is 3.92. The van der Waals surface area contributed by atoms with Crippen LogP contribution in [0.15, 0.2) is 29.4 Å². The van der Waals surface area contributed by atoms with Gasteiger partial charge in [0.1, 0.15) is 0 Å². The van der Waals surface area contributed by atoms with Gasteiger partial charge >= 0.3 is 0 Å². The van der Waals surface area contributed by atoms with E-state index in [0.717, 1.165) is 47.8 Å². The molecule has 1 aliphatic rings. The number of aromatic nitrogens is 3. The van der Waals surface area contributed by atoms with Crippen LogP contribution in [0.1, 0.15) is 24.0 Å². The molecule has 0 unspecified atom stereocenters. The number of aryl methyl sites for hydroxylation is 2. The van der Waals surface area contributed by atoms with Crippen LogP contribution in [0.2, 0.25) is 0 Å². The van der Waals surface area contributed by atoms with Gasteiger partial charge in [-0.3, -0.25) is 9.20 Å². The number of amides is 1. The lowest BCUT2D eigenvalue weighted by atomic mass is 10.1. The molecule has 0 bridgehead atoms. The third-order valence-electron chi connectivity index (χ3n) is 4.57. The van der Waals surface area contributed by atoms with Crippen molar-refractivity contribution in [2.24, 2.45) is 0 Å². The number of carbonyl (C=O) groups excluding carboxylic acids is 1. The Morgan fingerprint density at radius 1 is 1.17 bits per heavy atom. The van der Waals surface area contributed by atoms with Crippen molar-refractivity contribution in [1.82, 2.24) is 19.5 Å². The monoisotopic (exact) mass is 340 g/mol. The van der Waals surface area contributed by atoms with Crippen molar-refractivity contribution in [3.63, 3.8) is 0 Å². The molecule has 5 nitrogen and oxygen atoms in total. The number of rotatable bonds is 3. The van der Waals surface area contributed by atoms with E-state index in [2.05, 4.69) is 52.7 Å². The van der Waals surface area contributed by atoms with Crippen molar-refractivity contribution in [3.8, 4) is 0 Å².